The molecular formula is C9H11N3. The summed E-state index contributed by atoms with van der Waals surface area (Å²) in [5.41, 5.74) is 8.90. The third-order valence-electron chi connectivity index (χ3n) is 1.97. The third-order valence-corrected chi connectivity index (χ3v) is 1.97. The fraction of sp³-hybridized carbons (Fsp3) is 0.222. The van der Waals surface area contributed by atoms with Crippen molar-refractivity contribution in [3.05, 3.63) is 30.1 Å². The van der Waals surface area contributed by atoms with E-state index in [0.717, 1.165) is 16.6 Å². The van der Waals surface area contributed by atoms with Crippen LogP contribution in [0.1, 0.15) is 18.5 Å². The molecule has 3 N–H and O–H groups in total. The van der Waals surface area contributed by atoms with Gasteiger partial charge in [-0.2, -0.15) is 0 Å². The zero-order chi connectivity index (χ0) is 8.55. The lowest BCUT2D eigenvalue weighted by molar-refractivity contribution is 0.819. The van der Waals surface area contributed by atoms with Gasteiger partial charge in [0.1, 0.15) is 0 Å². The molecule has 1 heterocycles. The van der Waals surface area contributed by atoms with Crippen molar-refractivity contribution in [1.29, 1.82) is 0 Å². The maximum atomic E-state index is 5.74. The van der Waals surface area contributed by atoms with Gasteiger partial charge in [0.2, 0.25) is 0 Å². The normalized spacial score (nSPS) is 13.5. The number of aromatic nitrogens is 2. The molecule has 1 atom stereocenters. The Morgan fingerprint density at radius 2 is 2.33 bits per heavy atom. The van der Waals surface area contributed by atoms with Crippen molar-refractivity contribution in [3.8, 4) is 0 Å². The minimum absolute atomic E-state index is 0.0812. The smallest absolute Gasteiger partial charge is 0.0931 e. The zero-order valence-electron chi connectivity index (χ0n) is 6.91. The van der Waals surface area contributed by atoms with Crippen LogP contribution in [0.2, 0.25) is 0 Å². The fourth-order valence-electron chi connectivity index (χ4n) is 1.24. The number of rotatable bonds is 1. The Morgan fingerprint density at radius 1 is 1.50 bits per heavy atom. The highest BCUT2D eigenvalue weighted by molar-refractivity contribution is 5.75. The second kappa shape index (κ2) is 2.60. The SMILES string of the molecule is CC(N)c1ccc2nc[nH]c2c1. The molecule has 1 aromatic heterocycles. The van der Waals surface area contributed by atoms with Gasteiger partial charge in [0.05, 0.1) is 17.4 Å². The highest BCUT2D eigenvalue weighted by Crippen LogP contribution is 2.15. The van der Waals surface area contributed by atoms with Crippen molar-refractivity contribution < 1.29 is 0 Å². The van der Waals surface area contributed by atoms with Gasteiger partial charge in [-0.1, -0.05) is 6.07 Å². The van der Waals surface area contributed by atoms with Crippen LogP contribution in [0.3, 0.4) is 0 Å². The minimum Gasteiger partial charge on any atom is -0.345 e. The van der Waals surface area contributed by atoms with Gasteiger partial charge in [-0.3, -0.25) is 0 Å². The van der Waals surface area contributed by atoms with E-state index >= 15 is 0 Å². The average molecular weight is 161 g/mol. The predicted molar refractivity (Wildman–Crippen MR) is 48.7 cm³/mol. The largest absolute Gasteiger partial charge is 0.345 e. The number of nitrogens with one attached hydrogen (secondary N) is 1. The maximum Gasteiger partial charge on any atom is 0.0931 e. The van der Waals surface area contributed by atoms with Crippen molar-refractivity contribution in [3.63, 3.8) is 0 Å². The van der Waals surface area contributed by atoms with Crippen LogP contribution in [0.25, 0.3) is 11.0 Å². The Kier molecular flexibility index (Phi) is 1.59. The first-order chi connectivity index (χ1) is 5.77. The molecular weight excluding hydrogens is 150 g/mol. The predicted octanol–water partition coefficient (Wildman–Crippen LogP) is 1.58. The van der Waals surface area contributed by atoms with E-state index < -0.39 is 0 Å². The lowest BCUT2D eigenvalue weighted by Crippen LogP contribution is -2.04. The Bertz CT molecular complexity index is 389. The number of benzene rings is 1. The molecule has 0 aliphatic carbocycles. The first-order valence-electron chi connectivity index (χ1n) is 3.96. The highest BCUT2D eigenvalue weighted by Gasteiger charge is 2.01. The number of hydrogen-bond donors (Lipinski definition) is 2. The van der Waals surface area contributed by atoms with Crippen LogP contribution >= 0.6 is 0 Å². The quantitative estimate of drug-likeness (QED) is 0.667. The van der Waals surface area contributed by atoms with Crippen molar-refractivity contribution in [1.82, 2.24) is 9.97 Å². The molecule has 62 valence electrons. The minimum atomic E-state index is 0.0812. The summed E-state index contributed by atoms with van der Waals surface area (Å²) in [6, 6.07) is 6.10. The fourth-order valence-corrected chi connectivity index (χ4v) is 1.24. The number of hydrogen-bond acceptors (Lipinski definition) is 2. The summed E-state index contributed by atoms with van der Waals surface area (Å²) in [4.78, 5) is 7.17. The Balaban J connectivity index is 2.60. The van der Waals surface area contributed by atoms with Gasteiger partial charge >= 0.3 is 0 Å². The topological polar surface area (TPSA) is 54.7 Å². The molecule has 0 bridgehead atoms. The lowest BCUT2D eigenvalue weighted by atomic mass is 10.1. The molecule has 0 saturated carbocycles. The van der Waals surface area contributed by atoms with Gasteiger partial charge in [-0.15, -0.1) is 0 Å². The first-order valence-corrected chi connectivity index (χ1v) is 3.96. The molecule has 0 radical (unpaired) electrons. The van der Waals surface area contributed by atoms with E-state index in [-0.39, 0.29) is 6.04 Å². The summed E-state index contributed by atoms with van der Waals surface area (Å²) in [7, 11) is 0. The van der Waals surface area contributed by atoms with Crippen LogP contribution in [-0.4, -0.2) is 9.97 Å². The highest BCUT2D eigenvalue weighted by atomic mass is 14.9. The van der Waals surface area contributed by atoms with E-state index in [1.807, 2.05) is 25.1 Å². The molecule has 3 nitrogen and oxygen atoms in total. The maximum absolute atomic E-state index is 5.74. The Morgan fingerprint density at radius 3 is 3.08 bits per heavy atom. The molecule has 0 saturated heterocycles. The van der Waals surface area contributed by atoms with Gasteiger partial charge in [0.25, 0.3) is 0 Å². The van der Waals surface area contributed by atoms with E-state index in [9.17, 15) is 0 Å². The van der Waals surface area contributed by atoms with Gasteiger partial charge in [-0.05, 0) is 24.6 Å². The van der Waals surface area contributed by atoms with Crippen LogP contribution in [0.4, 0.5) is 0 Å². The molecule has 0 fully saturated rings. The molecule has 2 aromatic rings. The van der Waals surface area contributed by atoms with Gasteiger partial charge in [-0.25, -0.2) is 4.98 Å². The van der Waals surface area contributed by atoms with E-state index in [4.69, 9.17) is 5.73 Å². The summed E-state index contributed by atoms with van der Waals surface area (Å²) < 4.78 is 0. The number of nitrogens with two attached hydrogens (primary N) is 1. The van der Waals surface area contributed by atoms with E-state index in [1.54, 1.807) is 6.33 Å². The van der Waals surface area contributed by atoms with Crippen molar-refractivity contribution in [2.75, 3.05) is 0 Å². The molecule has 12 heavy (non-hydrogen) atoms. The average Bonchev–Trinajstić information content (AvgIpc) is 2.49. The number of fused-ring (bicyclic) bond motifs is 1. The summed E-state index contributed by atoms with van der Waals surface area (Å²) in [5, 5.41) is 0. The van der Waals surface area contributed by atoms with E-state index in [2.05, 4.69) is 9.97 Å². The second-order valence-corrected chi connectivity index (χ2v) is 2.97. The monoisotopic (exact) mass is 161 g/mol. The van der Waals surface area contributed by atoms with Gasteiger partial charge in [0.15, 0.2) is 0 Å². The summed E-state index contributed by atoms with van der Waals surface area (Å²) in [6.07, 6.45) is 1.69. The van der Waals surface area contributed by atoms with Crippen LogP contribution < -0.4 is 5.73 Å². The van der Waals surface area contributed by atoms with E-state index in [1.165, 1.54) is 0 Å². The molecule has 0 spiro atoms. The summed E-state index contributed by atoms with van der Waals surface area (Å²) >= 11 is 0. The van der Waals surface area contributed by atoms with E-state index in [0.29, 0.717) is 0 Å². The lowest BCUT2D eigenvalue weighted by Gasteiger charge is -2.03. The zero-order valence-corrected chi connectivity index (χ0v) is 6.91. The van der Waals surface area contributed by atoms with Crippen molar-refractivity contribution >= 4 is 11.0 Å². The van der Waals surface area contributed by atoms with Gasteiger partial charge in [0, 0.05) is 6.04 Å². The molecule has 1 aromatic carbocycles. The number of aromatic amines is 1. The molecule has 0 amide bonds. The van der Waals surface area contributed by atoms with Crippen LogP contribution in [-0.2, 0) is 0 Å². The number of nitrogens with zero attached hydrogens (tertiary/aromatic N) is 1. The second-order valence-electron chi connectivity index (χ2n) is 2.97. The molecule has 2 rings (SSSR count). The van der Waals surface area contributed by atoms with Crippen molar-refractivity contribution in [2.45, 2.75) is 13.0 Å². The van der Waals surface area contributed by atoms with Gasteiger partial charge < -0.3 is 10.7 Å². The Hall–Kier alpha value is -1.35. The molecule has 0 aliphatic rings. The Labute approximate surface area is 70.6 Å². The van der Waals surface area contributed by atoms with Crippen LogP contribution in [0.15, 0.2) is 24.5 Å². The standard InChI is InChI=1S/C9H11N3/c1-6(10)7-2-3-8-9(4-7)12-5-11-8/h2-6H,10H2,1H3,(H,11,12). The third kappa shape index (κ3) is 1.08. The number of imidazole rings is 1. The summed E-state index contributed by atoms with van der Waals surface area (Å²) in [6.45, 7) is 1.97. The van der Waals surface area contributed by atoms with Crippen molar-refractivity contribution in [2.24, 2.45) is 5.73 Å². The van der Waals surface area contributed by atoms with Crippen LogP contribution in [0.5, 0.6) is 0 Å². The first kappa shape index (κ1) is 7.31. The summed E-state index contributed by atoms with van der Waals surface area (Å²) in [5.74, 6) is 0. The molecule has 0 aliphatic heterocycles. The molecule has 3 heteroatoms. The van der Waals surface area contributed by atoms with Crippen LogP contribution in [0, 0.1) is 0 Å². The number of H-pyrrole nitrogens is 1. The molecule has 1 unspecified atom stereocenters.